The van der Waals surface area contributed by atoms with Crippen molar-refractivity contribution < 1.29 is 0 Å². The molecule has 100 valence electrons. The van der Waals surface area contributed by atoms with E-state index in [0.717, 1.165) is 29.4 Å². The molecule has 3 rings (SSSR count). The van der Waals surface area contributed by atoms with Gasteiger partial charge in [-0.15, -0.1) is 16.9 Å². The van der Waals surface area contributed by atoms with E-state index in [4.69, 9.17) is 11.6 Å². The summed E-state index contributed by atoms with van der Waals surface area (Å²) in [4.78, 5) is 1.33. The van der Waals surface area contributed by atoms with Gasteiger partial charge in [-0.25, -0.2) is 0 Å². The lowest BCUT2D eigenvalue weighted by Gasteiger charge is -2.26. The van der Waals surface area contributed by atoms with Gasteiger partial charge in [0.15, 0.2) is 0 Å². The predicted octanol–water partition coefficient (Wildman–Crippen LogP) is 2.80. The zero-order valence-electron chi connectivity index (χ0n) is 10.6. The van der Waals surface area contributed by atoms with Gasteiger partial charge < -0.3 is 5.32 Å². The average molecular weight is 295 g/mol. The number of thioether (sulfide) groups is 1. The lowest BCUT2D eigenvalue weighted by atomic mass is 10.0. The second-order valence-corrected chi connectivity index (χ2v) is 6.21. The third-order valence-electron chi connectivity index (χ3n) is 3.19. The first-order chi connectivity index (χ1) is 9.22. The van der Waals surface area contributed by atoms with Crippen molar-refractivity contribution in [2.75, 3.05) is 5.75 Å². The van der Waals surface area contributed by atoms with E-state index in [-0.39, 0.29) is 0 Å². The first-order valence-corrected chi connectivity index (χ1v) is 7.59. The lowest BCUT2D eigenvalue weighted by Crippen LogP contribution is -2.24. The first-order valence-electron chi connectivity index (χ1n) is 6.23. The zero-order valence-corrected chi connectivity index (χ0v) is 12.2. The topological polar surface area (TPSA) is 42.7 Å². The van der Waals surface area contributed by atoms with Crippen molar-refractivity contribution in [2.45, 2.75) is 23.9 Å². The Hall–Kier alpha value is -1.04. The van der Waals surface area contributed by atoms with Crippen LogP contribution in [0.15, 0.2) is 29.3 Å². The fourth-order valence-corrected chi connectivity index (χ4v) is 3.57. The van der Waals surface area contributed by atoms with Crippen molar-refractivity contribution in [1.29, 1.82) is 0 Å². The number of aryl methyl sites for hydroxylation is 1. The summed E-state index contributed by atoms with van der Waals surface area (Å²) in [7, 11) is 1.88. The molecule has 1 atom stereocenters. The highest BCUT2D eigenvalue weighted by atomic mass is 35.5. The van der Waals surface area contributed by atoms with Gasteiger partial charge in [0.25, 0.3) is 0 Å². The Labute approximate surface area is 121 Å². The maximum Gasteiger partial charge on any atom is 0.0964 e. The third kappa shape index (κ3) is 2.94. The maximum absolute atomic E-state index is 6.10. The molecule has 1 aliphatic heterocycles. The highest BCUT2D eigenvalue weighted by Gasteiger charge is 2.20. The van der Waals surface area contributed by atoms with Crippen LogP contribution in [-0.4, -0.2) is 20.7 Å². The van der Waals surface area contributed by atoms with Crippen LogP contribution in [0.2, 0.25) is 5.02 Å². The Kier molecular flexibility index (Phi) is 3.77. The number of benzene rings is 1. The second kappa shape index (κ2) is 5.53. The molecule has 0 saturated carbocycles. The van der Waals surface area contributed by atoms with Crippen LogP contribution in [0.5, 0.6) is 0 Å². The average Bonchev–Trinajstić information content (AvgIpc) is 2.82. The van der Waals surface area contributed by atoms with Crippen LogP contribution >= 0.6 is 23.4 Å². The van der Waals surface area contributed by atoms with Gasteiger partial charge in [0.1, 0.15) is 0 Å². The van der Waals surface area contributed by atoms with E-state index >= 15 is 0 Å². The van der Waals surface area contributed by atoms with Gasteiger partial charge in [0.05, 0.1) is 5.69 Å². The van der Waals surface area contributed by atoms with Gasteiger partial charge in [0, 0.05) is 35.7 Å². The van der Waals surface area contributed by atoms with Crippen LogP contribution in [0, 0.1) is 0 Å². The monoisotopic (exact) mass is 294 g/mol. The Morgan fingerprint density at radius 3 is 3.21 bits per heavy atom. The second-order valence-electron chi connectivity index (χ2n) is 4.64. The van der Waals surface area contributed by atoms with Crippen molar-refractivity contribution in [3.63, 3.8) is 0 Å². The SMILES string of the molecule is Cn1cc(CNC2CCSc3ccc(Cl)cc32)nn1. The molecule has 0 radical (unpaired) electrons. The summed E-state index contributed by atoms with van der Waals surface area (Å²) in [6.07, 6.45) is 3.04. The van der Waals surface area contributed by atoms with Crippen molar-refractivity contribution in [3.8, 4) is 0 Å². The Morgan fingerprint density at radius 2 is 2.42 bits per heavy atom. The molecule has 0 saturated heterocycles. The first kappa shape index (κ1) is 13.0. The number of halogens is 1. The molecule has 2 heterocycles. The molecule has 0 bridgehead atoms. The smallest absolute Gasteiger partial charge is 0.0964 e. The fourth-order valence-electron chi connectivity index (χ4n) is 2.28. The number of nitrogens with one attached hydrogen (secondary N) is 1. The zero-order chi connectivity index (χ0) is 13.2. The molecule has 1 aromatic carbocycles. The van der Waals surface area contributed by atoms with E-state index in [1.165, 1.54) is 10.5 Å². The van der Waals surface area contributed by atoms with Gasteiger partial charge >= 0.3 is 0 Å². The third-order valence-corrected chi connectivity index (χ3v) is 4.55. The number of hydrogen-bond donors (Lipinski definition) is 1. The van der Waals surface area contributed by atoms with Crippen LogP contribution in [-0.2, 0) is 13.6 Å². The minimum atomic E-state index is 0.344. The van der Waals surface area contributed by atoms with E-state index in [0.29, 0.717) is 6.04 Å². The van der Waals surface area contributed by atoms with Crippen molar-refractivity contribution in [2.24, 2.45) is 7.05 Å². The molecule has 0 fully saturated rings. The summed E-state index contributed by atoms with van der Waals surface area (Å²) in [5.74, 6) is 1.13. The van der Waals surface area contributed by atoms with E-state index in [1.54, 1.807) is 4.68 Å². The Balaban J connectivity index is 1.74. The Morgan fingerprint density at radius 1 is 1.53 bits per heavy atom. The normalized spacial score (nSPS) is 18.3. The van der Waals surface area contributed by atoms with Crippen LogP contribution in [0.25, 0.3) is 0 Å². The molecular weight excluding hydrogens is 280 g/mol. The summed E-state index contributed by atoms with van der Waals surface area (Å²) in [6, 6.07) is 6.48. The van der Waals surface area contributed by atoms with Crippen LogP contribution in [0.1, 0.15) is 23.7 Å². The number of nitrogens with zero attached hydrogens (tertiary/aromatic N) is 3. The summed E-state index contributed by atoms with van der Waals surface area (Å²) >= 11 is 8.00. The minimum Gasteiger partial charge on any atom is -0.304 e. The van der Waals surface area contributed by atoms with Crippen LogP contribution < -0.4 is 5.32 Å². The van der Waals surface area contributed by atoms with Crippen molar-refractivity contribution in [3.05, 3.63) is 40.7 Å². The van der Waals surface area contributed by atoms with E-state index in [1.807, 2.05) is 31.1 Å². The van der Waals surface area contributed by atoms with Gasteiger partial charge in [-0.3, -0.25) is 4.68 Å². The summed E-state index contributed by atoms with van der Waals surface area (Å²) in [5, 5.41) is 12.4. The van der Waals surface area contributed by atoms with Gasteiger partial charge in [0.2, 0.25) is 0 Å². The largest absolute Gasteiger partial charge is 0.304 e. The van der Waals surface area contributed by atoms with E-state index in [2.05, 4.69) is 27.8 Å². The molecule has 2 aromatic rings. The number of rotatable bonds is 3. The van der Waals surface area contributed by atoms with Gasteiger partial charge in [-0.1, -0.05) is 16.8 Å². The fraction of sp³-hybridized carbons (Fsp3) is 0.385. The quantitative estimate of drug-likeness (QED) is 0.945. The summed E-state index contributed by atoms with van der Waals surface area (Å²) in [5.41, 5.74) is 2.26. The molecular formula is C13H15ClN4S. The molecule has 1 aromatic heterocycles. The van der Waals surface area contributed by atoms with E-state index in [9.17, 15) is 0 Å². The van der Waals surface area contributed by atoms with Crippen LogP contribution in [0.4, 0.5) is 0 Å². The molecule has 1 unspecified atom stereocenters. The summed E-state index contributed by atoms with van der Waals surface area (Å²) < 4.78 is 1.72. The minimum absolute atomic E-state index is 0.344. The molecule has 0 amide bonds. The number of aromatic nitrogens is 3. The van der Waals surface area contributed by atoms with Crippen molar-refractivity contribution >= 4 is 23.4 Å². The molecule has 6 heteroatoms. The highest BCUT2D eigenvalue weighted by molar-refractivity contribution is 7.99. The summed E-state index contributed by atoms with van der Waals surface area (Å²) in [6.45, 7) is 0.731. The van der Waals surface area contributed by atoms with Gasteiger partial charge in [-0.2, -0.15) is 0 Å². The maximum atomic E-state index is 6.10. The lowest BCUT2D eigenvalue weighted by molar-refractivity contribution is 0.505. The molecule has 1 aliphatic rings. The standard InChI is InChI=1S/C13H15ClN4S/c1-18-8-10(16-17-18)7-15-12-4-5-19-13-3-2-9(14)6-11(12)13/h2-3,6,8,12,15H,4-5,7H2,1H3. The Bertz CT molecular complexity index is 584. The molecule has 4 nitrogen and oxygen atoms in total. The molecule has 19 heavy (non-hydrogen) atoms. The number of fused-ring (bicyclic) bond motifs is 1. The number of hydrogen-bond acceptors (Lipinski definition) is 4. The van der Waals surface area contributed by atoms with Crippen LogP contribution in [0.3, 0.4) is 0 Å². The molecule has 0 spiro atoms. The molecule has 0 aliphatic carbocycles. The van der Waals surface area contributed by atoms with E-state index < -0.39 is 0 Å². The highest BCUT2D eigenvalue weighted by Crippen LogP contribution is 2.37. The molecule has 1 N–H and O–H groups in total. The van der Waals surface area contributed by atoms with Gasteiger partial charge in [-0.05, 0) is 35.9 Å². The van der Waals surface area contributed by atoms with Crippen molar-refractivity contribution in [1.82, 2.24) is 20.3 Å². The predicted molar refractivity (Wildman–Crippen MR) is 77.4 cm³/mol.